The van der Waals surface area contributed by atoms with Crippen LogP contribution in [0, 0.1) is 0 Å². The van der Waals surface area contributed by atoms with Crippen LogP contribution in [-0.4, -0.2) is 37.3 Å². The first-order valence-electron chi connectivity index (χ1n) is 8.42. The SMILES string of the molecule is COc1cc(OCCCCCOc2cc(O)cc(O)c2)cc2c1OCO2. The van der Waals surface area contributed by atoms with Crippen molar-refractivity contribution in [3.63, 3.8) is 0 Å². The highest BCUT2D eigenvalue weighted by molar-refractivity contribution is 5.57. The van der Waals surface area contributed by atoms with E-state index in [0.717, 1.165) is 19.3 Å². The summed E-state index contributed by atoms with van der Waals surface area (Å²) in [4.78, 5) is 0. The van der Waals surface area contributed by atoms with E-state index in [-0.39, 0.29) is 18.3 Å². The molecule has 0 aliphatic carbocycles. The second kappa shape index (κ2) is 8.42. The maximum Gasteiger partial charge on any atom is 0.231 e. The third-order valence-electron chi connectivity index (χ3n) is 3.83. The second-order valence-electron chi connectivity index (χ2n) is 5.80. The summed E-state index contributed by atoms with van der Waals surface area (Å²) in [6, 6.07) is 7.77. The van der Waals surface area contributed by atoms with E-state index in [9.17, 15) is 10.2 Å². The lowest BCUT2D eigenvalue weighted by Crippen LogP contribution is -2.01. The molecule has 0 unspecified atom stereocenters. The molecule has 0 saturated heterocycles. The topological polar surface area (TPSA) is 86.6 Å². The molecule has 0 fully saturated rings. The van der Waals surface area contributed by atoms with Gasteiger partial charge in [-0.1, -0.05) is 0 Å². The molecular formula is C19H22O7. The lowest BCUT2D eigenvalue weighted by atomic mass is 10.2. The lowest BCUT2D eigenvalue weighted by molar-refractivity contribution is 0.171. The van der Waals surface area contributed by atoms with Crippen molar-refractivity contribution in [1.82, 2.24) is 0 Å². The van der Waals surface area contributed by atoms with Gasteiger partial charge in [0.1, 0.15) is 23.0 Å². The van der Waals surface area contributed by atoms with Crippen LogP contribution in [0.4, 0.5) is 0 Å². The van der Waals surface area contributed by atoms with Crippen molar-refractivity contribution in [3.05, 3.63) is 30.3 Å². The summed E-state index contributed by atoms with van der Waals surface area (Å²) >= 11 is 0. The van der Waals surface area contributed by atoms with Crippen LogP contribution in [0.1, 0.15) is 19.3 Å². The van der Waals surface area contributed by atoms with E-state index >= 15 is 0 Å². The van der Waals surface area contributed by atoms with Gasteiger partial charge in [-0.2, -0.15) is 0 Å². The van der Waals surface area contributed by atoms with Crippen LogP contribution in [0.3, 0.4) is 0 Å². The number of unbranched alkanes of at least 4 members (excludes halogenated alkanes) is 2. The molecule has 0 saturated carbocycles. The maximum absolute atomic E-state index is 9.39. The number of fused-ring (bicyclic) bond motifs is 1. The third kappa shape index (κ3) is 4.56. The van der Waals surface area contributed by atoms with E-state index in [1.807, 2.05) is 0 Å². The molecule has 1 aliphatic rings. The van der Waals surface area contributed by atoms with E-state index in [1.54, 1.807) is 19.2 Å². The number of methoxy groups -OCH3 is 1. The Labute approximate surface area is 151 Å². The van der Waals surface area contributed by atoms with Crippen LogP contribution in [0.25, 0.3) is 0 Å². The van der Waals surface area contributed by atoms with Crippen molar-refractivity contribution in [1.29, 1.82) is 0 Å². The molecule has 0 spiro atoms. The minimum atomic E-state index is -0.0208. The van der Waals surface area contributed by atoms with Crippen LogP contribution < -0.4 is 23.7 Å². The van der Waals surface area contributed by atoms with Crippen molar-refractivity contribution in [2.75, 3.05) is 27.1 Å². The van der Waals surface area contributed by atoms with Crippen molar-refractivity contribution in [2.24, 2.45) is 0 Å². The fourth-order valence-corrected chi connectivity index (χ4v) is 2.60. The Kier molecular flexibility index (Phi) is 5.78. The van der Waals surface area contributed by atoms with Crippen LogP contribution >= 0.6 is 0 Å². The van der Waals surface area contributed by atoms with Gasteiger partial charge in [0, 0.05) is 30.3 Å². The molecule has 0 amide bonds. The van der Waals surface area contributed by atoms with E-state index in [2.05, 4.69) is 0 Å². The number of hydrogen-bond acceptors (Lipinski definition) is 7. The smallest absolute Gasteiger partial charge is 0.231 e. The highest BCUT2D eigenvalue weighted by atomic mass is 16.7. The first-order chi connectivity index (χ1) is 12.7. The number of benzene rings is 2. The molecular weight excluding hydrogens is 340 g/mol. The second-order valence-corrected chi connectivity index (χ2v) is 5.80. The summed E-state index contributed by atoms with van der Waals surface area (Å²) in [5.74, 6) is 2.92. The fourth-order valence-electron chi connectivity index (χ4n) is 2.60. The average Bonchev–Trinajstić information content (AvgIpc) is 3.08. The zero-order chi connectivity index (χ0) is 18.4. The predicted octanol–water partition coefficient (Wildman–Crippen LogP) is 3.46. The van der Waals surface area contributed by atoms with Crippen LogP contribution in [-0.2, 0) is 0 Å². The number of ether oxygens (including phenoxy) is 5. The average molecular weight is 362 g/mol. The van der Waals surface area contributed by atoms with Gasteiger partial charge in [0.25, 0.3) is 0 Å². The molecule has 2 N–H and O–H groups in total. The van der Waals surface area contributed by atoms with Gasteiger partial charge in [-0.25, -0.2) is 0 Å². The van der Waals surface area contributed by atoms with Gasteiger partial charge in [0.15, 0.2) is 11.5 Å². The zero-order valence-corrected chi connectivity index (χ0v) is 14.6. The Morgan fingerprint density at radius 1 is 0.846 bits per heavy atom. The standard InChI is InChI=1S/C19H22O7/c1-22-17-10-16(11-18-19(17)26-12-25-18)24-6-4-2-3-5-23-15-8-13(20)7-14(21)9-15/h7-11,20-21H,2-6,12H2,1H3. The molecule has 2 aromatic rings. The summed E-state index contributed by atoms with van der Waals surface area (Å²) in [7, 11) is 1.58. The fraction of sp³-hybridized carbons (Fsp3) is 0.368. The van der Waals surface area contributed by atoms with Crippen molar-refractivity contribution >= 4 is 0 Å². The monoisotopic (exact) mass is 362 g/mol. The minimum Gasteiger partial charge on any atom is -0.508 e. The van der Waals surface area contributed by atoms with Gasteiger partial charge in [0.2, 0.25) is 12.5 Å². The molecule has 7 nitrogen and oxygen atoms in total. The molecule has 0 radical (unpaired) electrons. The van der Waals surface area contributed by atoms with Crippen molar-refractivity contribution in [2.45, 2.75) is 19.3 Å². The van der Waals surface area contributed by atoms with Gasteiger partial charge in [0.05, 0.1) is 20.3 Å². The number of rotatable bonds is 9. The minimum absolute atomic E-state index is 0.0208. The van der Waals surface area contributed by atoms with Crippen LogP contribution in [0.5, 0.6) is 40.2 Å². The first kappa shape index (κ1) is 17.8. The molecule has 7 heteroatoms. The zero-order valence-electron chi connectivity index (χ0n) is 14.6. The molecule has 140 valence electrons. The van der Waals surface area contributed by atoms with Gasteiger partial charge in [-0.3, -0.25) is 0 Å². The van der Waals surface area contributed by atoms with E-state index in [4.69, 9.17) is 23.7 Å². The number of phenolic OH excluding ortho intramolecular Hbond substituents is 2. The largest absolute Gasteiger partial charge is 0.508 e. The van der Waals surface area contributed by atoms with Crippen LogP contribution in [0.15, 0.2) is 30.3 Å². The predicted molar refractivity (Wildman–Crippen MR) is 93.7 cm³/mol. The van der Waals surface area contributed by atoms with Crippen molar-refractivity contribution < 1.29 is 33.9 Å². The van der Waals surface area contributed by atoms with Gasteiger partial charge < -0.3 is 33.9 Å². The number of hydrogen-bond donors (Lipinski definition) is 2. The maximum atomic E-state index is 9.39. The van der Waals surface area contributed by atoms with E-state index in [1.165, 1.54) is 18.2 Å². The molecule has 1 aliphatic heterocycles. The molecule has 3 rings (SSSR count). The molecule has 1 heterocycles. The number of aromatic hydroxyl groups is 2. The Bertz CT molecular complexity index is 725. The third-order valence-corrected chi connectivity index (χ3v) is 3.83. The molecule has 2 aromatic carbocycles. The first-order valence-corrected chi connectivity index (χ1v) is 8.42. The Balaban J connectivity index is 1.36. The summed E-state index contributed by atoms with van der Waals surface area (Å²) < 4.78 is 27.2. The quantitative estimate of drug-likeness (QED) is 0.661. The summed E-state index contributed by atoms with van der Waals surface area (Å²) in [5, 5.41) is 18.8. The van der Waals surface area contributed by atoms with E-state index < -0.39 is 0 Å². The lowest BCUT2D eigenvalue weighted by Gasteiger charge is -2.10. The summed E-state index contributed by atoms with van der Waals surface area (Å²) in [6.07, 6.45) is 2.63. The Morgan fingerprint density at radius 3 is 2.15 bits per heavy atom. The van der Waals surface area contributed by atoms with Crippen molar-refractivity contribution in [3.8, 4) is 40.2 Å². The summed E-state index contributed by atoms with van der Waals surface area (Å²) in [5.41, 5.74) is 0. The Hall–Kier alpha value is -2.96. The van der Waals surface area contributed by atoms with Gasteiger partial charge >= 0.3 is 0 Å². The van der Waals surface area contributed by atoms with Gasteiger partial charge in [-0.05, 0) is 19.3 Å². The molecule has 0 bridgehead atoms. The molecule has 0 aromatic heterocycles. The van der Waals surface area contributed by atoms with Gasteiger partial charge in [-0.15, -0.1) is 0 Å². The normalized spacial score (nSPS) is 12.0. The highest BCUT2D eigenvalue weighted by Crippen LogP contribution is 2.44. The van der Waals surface area contributed by atoms with E-state index in [0.29, 0.717) is 42.0 Å². The molecule has 0 atom stereocenters. The number of phenols is 2. The summed E-state index contributed by atoms with van der Waals surface area (Å²) in [6.45, 7) is 1.25. The highest BCUT2D eigenvalue weighted by Gasteiger charge is 2.20. The molecule has 26 heavy (non-hydrogen) atoms. The Morgan fingerprint density at radius 2 is 1.50 bits per heavy atom. The van der Waals surface area contributed by atoms with Crippen LogP contribution in [0.2, 0.25) is 0 Å².